The van der Waals surface area contributed by atoms with Crippen molar-refractivity contribution in [2.75, 3.05) is 21.3 Å². The number of H-pyrrole nitrogens is 1. The average Bonchev–Trinajstić information content (AvgIpc) is 3.39. The number of para-hydroxylation sites is 1. The normalized spacial score (nSPS) is 11.0. The van der Waals surface area contributed by atoms with Crippen LogP contribution in [0.25, 0.3) is 22.0 Å². The van der Waals surface area contributed by atoms with Gasteiger partial charge in [0.05, 0.1) is 33.1 Å². The van der Waals surface area contributed by atoms with E-state index in [1.807, 2.05) is 36.4 Å². The Balaban J connectivity index is 1.40. The number of hydrogen-bond acceptors (Lipinski definition) is 7. The number of hydrazone groups is 1. The first-order valence-electron chi connectivity index (χ1n) is 12.8. The van der Waals surface area contributed by atoms with Crippen molar-refractivity contribution in [3.8, 4) is 34.1 Å². The monoisotopic (exact) mass is 709 g/mol. The van der Waals surface area contributed by atoms with Gasteiger partial charge >= 0.3 is 5.97 Å². The molecule has 218 valence electrons. The molecule has 0 saturated carbocycles. The molecule has 0 fully saturated rings. The van der Waals surface area contributed by atoms with Crippen molar-refractivity contribution in [2.24, 2.45) is 5.10 Å². The van der Waals surface area contributed by atoms with Crippen LogP contribution in [0.4, 0.5) is 0 Å². The van der Waals surface area contributed by atoms with Crippen LogP contribution in [0.15, 0.2) is 84.0 Å². The zero-order valence-corrected chi connectivity index (χ0v) is 26.1. The van der Waals surface area contributed by atoms with E-state index >= 15 is 0 Å². The van der Waals surface area contributed by atoms with Crippen molar-refractivity contribution >= 4 is 63.2 Å². The summed E-state index contributed by atoms with van der Waals surface area (Å²) in [4.78, 5) is 29.7. The summed E-state index contributed by atoms with van der Waals surface area (Å²) in [5, 5.41) is 5.53. The quantitative estimate of drug-likeness (QED) is 0.0556. The minimum atomic E-state index is -0.652. The van der Waals surface area contributed by atoms with E-state index in [0.29, 0.717) is 39.1 Å². The fraction of sp³-hybridized carbons (Fsp3) is 0.0938. The van der Waals surface area contributed by atoms with Crippen LogP contribution in [0.2, 0.25) is 5.02 Å². The topological polar surface area (TPSA) is 111 Å². The second kappa shape index (κ2) is 13.2. The van der Waals surface area contributed by atoms with Crippen molar-refractivity contribution in [3.05, 3.63) is 104 Å². The fourth-order valence-corrected chi connectivity index (χ4v) is 5.25. The van der Waals surface area contributed by atoms with Crippen LogP contribution < -0.4 is 24.4 Å². The Bertz CT molecular complexity index is 1840. The van der Waals surface area contributed by atoms with Gasteiger partial charge < -0.3 is 23.9 Å². The predicted octanol–water partition coefficient (Wildman–Crippen LogP) is 7.10. The molecule has 0 aliphatic rings. The molecular formula is C32H25ClIN3O6. The number of carbonyl (C=O) groups is 2. The molecule has 0 bridgehead atoms. The first-order chi connectivity index (χ1) is 20.8. The summed E-state index contributed by atoms with van der Waals surface area (Å²) in [5.74, 6) is 0.0948. The van der Waals surface area contributed by atoms with Crippen molar-refractivity contribution in [3.63, 3.8) is 0 Å². The lowest BCUT2D eigenvalue weighted by atomic mass is 10.0. The van der Waals surface area contributed by atoms with E-state index in [1.165, 1.54) is 39.7 Å². The molecule has 1 amide bonds. The van der Waals surface area contributed by atoms with Gasteiger partial charge in [0.25, 0.3) is 5.91 Å². The molecule has 11 heteroatoms. The van der Waals surface area contributed by atoms with E-state index < -0.39 is 11.9 Å². The highest BCUT2D eigenvalue weighted by Gasteiger charge is 2.22. The maximum Gasteiger partial charge on any atom is 0.343 e. The molecule has 5 rings (SSSR count). The van der Waals surface area contributed by atoms with Gasteiger partial charge in [-0.1, -0.05) is 41.9 Å². The van der Waals surface area contributed by atoms with Crippen molar-refractivity contribution < 1.29 is 28.5 Å². The molecule has 2 N–H and O–H groups in total. The lowest BCUT2D eigenvalue weighted by molar-refractivity contribution is 0.0733. The van der Waals surface area contributed by atoms with Crippen molar-refractivity contribution in [2.45, 2.75) is 0 Å². The number of halogens is 2. The van der Waals surface area contributed by atoms with E-state index in [9.17, 15) is 9.59 Å². The van der Waals surface area contributed by atoms with Crippen molar-refractivity contribution in [1.82, 2.24) is 10.4 Å². The third-order valence-corrected chi connectivity index (χ3v) is 7.52. The van der Waals surface area contributed by atoms with E-state index in [-0.39, 0.29) is 11.3 Å². The molecule has 5 aromatic rings. The molecule has 0 saturated heterocycles. The number of ether oxygens (including phenoxy) is 4. The highest BCUT2D eigenvalue weighted by molar-refractivity contribution is 14.1. The highest BCUT2D eigenvalue weighted by Crippen LogP contribution is 2.39. The van der Waals surface area contributed by atoms with Gasteiger partial charge in [-0.05, 0) is 71.1 Å². The molecule has 0 spiro atoms. The number of methoxy groups -OCH3 is 3. The lowest BCUT2D eigenvalue weighted by Crippen LogP contribution is -2.19. The molecule has 1 heterocycles. The third kappa shape index (κ3) is 6.30. The van der Waals surface area contributed by atoms with Crippen LogP contribution in [0.5, 0.6) is 23.0 Å². The molecule has 1 aromatic heterocycles. The first kappa shape index (κ1) is 29.9. The van der Waals surface area contributed by atoms with Crippen molar-refractivity contribution in [1.29, 1.82) is 0 Å². The van der Waals surface area contributed by atoms with Gasteiger partial charge in [0.1, 0.15) is 11.4 Å². The maximum atomic E-state index is 13.4. The molecule has 4 aromatic carbocycles. The van der Waals surface area contributed by atoms with E-state index in [4.69, 9.17) is 30.5 Å². The molecule has 0 atom stereocenters. The van der Waals surface area contributed by atoms with Crippen LogP contribution in [0.3, 0.4) is 0 Å². The number of carbonyl (C=O) groups excluding carboxylic acids is 2. The zero-order chi connectivity index (χ0) is 30.5. The van der Waals surface area contributed by atoms with Gasteiger partial charge in [0.2, 0.25) is 5.75 Å². The van der Waals surface area contributed by atoms with Crippen LogP contribution in [-0.2, 0) is 0 Å². The minimum absolute atomic E-state index is 0.190. The van der Waals surface area contributed by atoms with E-state index in [0.717, 1.165) is 20.0 Å². The number of fused-ring (bicyclic) bond motifs is 1. The molecule has 0 aliphatic heterocycles. The predicted molar refractivity (Wildman–Crippen MR) is 174 cm³/mol. The summed E-state index contributed by atoms with van der Waals surface area (Å²) in [7, 11) is 4.39. The first-order valence-corrected chi connectivity index (χ1v) is 14.3. The summed E-state index contributed by atoms with van der Waals surface area (Å²) >= 11 is 8.76. The van der Waals surface area contributed by atoms with E-state index in [2.05, 4.69) is 38.1 Å². The van der Waals surface area contributed by atoms with Gasteiger partial charge in [0.15, 0.2) is 11.5 Å². The number of esters is 1. The second-order valence-electron chi connectivity index (χ2n) is 9.09. The summed E-state index contributed by atoms with van der Waals surface area (Å²) in [6.45, 7) is 0. The Morgan fingerprint density at radius 3 is 2.28 bits per heavy atom. The number of nitrogens with one attached hydrogen (secondary N) is 2. The van der Waals surface area contributed by atoms with Gasteiger partial charge in [-0.15, -0.1) is 0 Å². The van der Waals surface area contributed by atoms with Crippen LogP contribution in [0.1, 0.15) is 26.4 Å². The lowest BCUT2D eigenvalue weighted by Gasteiger charge is -2.14. The molecule has 0 radical (unpaired) electrons. The van der Waals surface area contributed by atoms with Gasteiger partial charge in [-0.3, -0.25) is 4.79 Å². The standard InChI is InChI=1S/C32H25ClIN3O6/c1-40-26-14-19(15-27(41-2)30(26)42-3)32(39)43-25-11-7-4-8-18(25)17-35-37-31(38)29-28(21-9-5-6-10-23(21)33)22-16-20(34)12-13-24(22)36-29/h4-17,36H,1-3H3,(H,37,38). The average molecular weight is 710 g/mol. The van der Waals surface area contributed by atoms with Crippen LogP contribution in [-0.4, -0.2) is 44.4 Å². The third-order valence-electron chi connectivity index (χ3n) is 6.52. The van der Waals surface area contributed by atoms with Gasteiger partial charge in [-0.25, -0.2) is 10.2 Å². The Morgan fingerprint density at radius 2 is 1.58 bits per heavy atom. The molecule has 9 nitrogen and oxygen atoms in total. The minimum Gasteiger partial charge on any atom is -0.493 e. The molecule has 0 aliphatic carbocycles. The number of nitrogens with zero attached hydrogens (tertiary/aromatic N) is 1. The van der Waals surface area contributed by atoms with Crippen LogP contribution >= 0.6 is 34.2 Å². The van der Waals surface area contributed by atoms with Gasteiger partial charge in [-0.2, -0.15) is 5.10 Å². The fourth-order valence-electron chi connectivity index (χ4n) is 4.53. The van der Waals surface area contributed by atoms with Crippen LogP contribution in [0, 0.1) is 3.57 Å². The maximum absolute atomic E-state index is 13.4. The summed E-state index contributed by atoms with van der Waals surface area (Å²) in [6, 6.07) is 23.0. The number of amides is 1. The SMILES string of the molecule is COc1cc(C(=O)Oc2ccccc2C=NNC(=O)c2[nH]c3ccc(I)cc3c2-c2ccccc2Cl)cc(OC)c1OC. The highest BCUT2D eigenvalue weighted by atomic mass is 127. The smallest absolute Gasteiger partial charge is 0.343 e. The Kier molecular flexibility index (Phi) is 9.17. The number of hydrogen-bond donors (Lipinski definition) is 2. The van der Waals surface area contributed by atoms with Gasteiger partial charge in [0, 0.05) is 36.2 Å². The second-order valence-corrected chi connectivity index (χ2v) is 10.7. The summed E-state index contributed by atoms with van der Waals surface area (Å²) in [6.07, 6.45) is 1.40. The molecule has 0 unspecified atom stereocenters. The Hall–Kier alpha value is -4.55. The largest absolute Gasteiger partial charge is 0.493 e. The zero-order valence-electron chi connectivity index (χ0n) is 23.2. The Labute approximate surface area is 265 Å². The number of aromatic nitrogens is 1. The number of benzene rings is 4. The Morgan fingerprint density at radius 1 is 0.884 bits per heavy atom. The summed E-state index contributed by atoms with van der Waals surface area (Å²) < 4.78 is 22.7. The summed E-state index contributed by atoms with van der Waals surface area (Å²) in [5.41, 5.74) is 5.71. The molecule has 43 heavy (non-hydrogen) atoms. The molecular weight excluding hydrogens is 685 g/mol. The van der Waals surface area contributed by atoms with E-state index in [1.54, 1.807) is 30.3 Å². The number of rotatable bonds is 9. The number of aromatic amines is 1.